The molecule has 0 bridgehead atoms. The number of aliphatic carboxylic acids is 1. The first-order chi connectivity index (χ1) is 9.89. The second-order valence-electron chi connectivity index (χ2n) is 5.53. The van der Waals surface area contributed by atoms with Crippen molar-refractivity contribution in [2.24, 2.45) is 0 Å². The van der Waals surface area contributed by atoms with Gasteiger partial charge in [0.2, 0.25) is 0 Å². The quantitative estimate of drug-likeness (QED) is 0.898. The summed E-state index contributed by atoms with van der Waals surface area (Å²) in [5, 5.41) is 8.93. The van der Waals surface area contributed by atoms with Gasteiger partial charge in [-0.15, -0.1) is 0 Å². The summed E-state index contributed by atoms with van der Waals surface area (Å²) in [5.41, 5.74) is 1.96. The van der Waals surface area contributed by atoms with E-state index in [4.69, 9.17) is 5.11 Å². The summed E-state index contributed by atoms with van der Waals surface area (Å²) >= 11 is 0. The number of hydrogen-bond donors (Lipinski definition) is 1. The number of sulfone groups is 1. The lowest BCUT2D eigenvalue weighted by Crippen LogP contribution is -2.45. The Morgan fingerprint density at radius 1 is 1.38 bits per heavy atom. The molecule has 1 atom stereocenters. The van der Waals surface area contributed by atoms with Gasteiger partial charge in [0.15, 0.2) is 9.84 Å². The van der Waals surface area contributed by atoms with E-state index in [0.717, 1.165) is 17.7 Å². The van der Waals surface area contributed by atoms with Crippen molar-refractivity contribution < 1.29 is 18.3 Å². The third kappa shape index (κ3) is 4.20. The van der Waals surface area contributed by atoms with E-state index in [-0.39, 0.29) is 24.0 Å². The van der Waals surface area contributed by atoms with Crippen molar-refractivity contribution in [3.8, 4) is 0 Å². The Bertz CT molecular complexity index is 612. The number of aryl methyl sites for hydroxylation is 1. The zero-order valence-corrected chi connectivity index (χ0v) is 13.0. The van der Waals surface area contributed by atoms with Gasteiger partial charge in [-0.25, -0.2) is 8.42 Å². The Labute approximate surface area is 125 Å². The van der Waals surface area contributed by atoms with Crippen molar-refractivity contribution in [3.63, 3.8) is 0 Å². The minimum absolute atomic E-state index is 0.00484. The van der Waals surface area contributed by atoms with Gasteiger partial charge in [0.1, 0.15) is 0 Å². The average Bonchev–Trinajstić information content (AvgIpc) is 2.39. The van der Waals surface area contributed by atoms with Crippen LogP contribution in [0.15, 0.2) is 24.3 Å². The molecule has 21 heavy (non-hydrogen) atoms. The highest BCUT2D eigenvalue weighted by Crippen LogP contribution is 2.27. The van der Waals surface area contributed by atoms with E-state index < -0.39 is 15.8 Å². The zero-order chi connectivity index (χ0) is 15.5. The standard InChI is InChI=1S/C15H21NO4S/c1-12-5-2-3-7-14(12)16(9-8-15(17)18)13-6-4-10-21(19,20)11-13/h2-3,5,7,13H,4,6,8-11H2,1H3,(H,17,18). The Hall–Kier alpha value is -1.56. The molecule has 0 amide bonds. The van der Waals surface area contributed by atoms with E-state index >= 15 is 0 Å². The Balaban J connectivity index is 2.27. The monoisotopic (exact) mass is 311 g/mol. The number of carbonyl (C=O) groups is 1. The molecule has 1 aromatic rings. The van der Waals surface area contributed by atoms with Crippen LogP contribution >= 0.6 is 0 Å². The number of carboxylic acid groups (broad SMARTS) is 1. The van der Waals surface area contributed by atoms with Crippen LogP contribution in [-0.4, -0.2) is 43.6 Å². The Kier molecular flexibility index (Phi) is 4.88. The van der Waals surface area contributed by atoms with E-state index in [9.17, 15) is 13.2 Å². The topological polar surface area (TPSA) is 74.7 Å². The maximum absolute atomic E-state index is 11.9. The van der Waals surface area contributed by atoms with Crippen LogP contribution in [0.5, 0.6) is 0 Å². The SMILES string of the molecule is Cc1ccccc1N(CCC(=O)O)C1CCCS(=O)(=O)C1. The van der Waals surface area contributed by atoms with Crippen LogP contribution in [0, 0.1) is 6.92 Å². The summed E-state index contributed by atoms with van der Waals surface area (Å²) in [4.78, 5) is 12.8. The van der Waals surface area contributed by atoms with Gasteiger partial charge >= 0.3 is 5.97 Å². The number of rotatable bonds is 5. The normalized spacial score (nSPS) is 20.9. The van der Waals surface area contributed by atoms with Crippen molar-refractivity contribution >= 4 is 21.5 Å². The molecule has 0 spiro atoms. The van der Waals surface area contributed by atoms with Gasteiger partial charge in [0.05, 0.1) is 17.9 Å². The van der Waals surface area contributed by atoms with Crippen LogP contribution in [-0.2, 0) is 14.6 Å². The van der Waals surface area contributed by atoms with Crippen LogP contribution < -0.4 is 4.90 Å². The van der Waals surface area contributed by atoms with Crippen molar-refractivity contribution in [1.82, 2.24) is 0 Å². The van der Waals surface area contributed by atoms with Gasteiger partial charge in [-0.2, -0.15) is 0 Å². The van der Waals surface area contributed by atoms with E-state index in [1.165, 1.54) is 0 Å². The van der Waals surface area contributed by atoms with E-state index in [1.54, 1.807) is 0 Å². The molecular formula is C15H21NO4S. The van der Waals surface area contributed by atoms with Gasteiger partial charge < -0.3 is 10.0 Å². The molecule has 5 nitrogen and oxygen atoms in total. The smallest absolute Gasteiger partial charge is 0.305 e. The molecule has 1 saturated heterocycles. The highest BCUT2D eigenvalue weighted by atomic mass is 32.2. The molecule has 0 aromatic heterocycles. The summed E-state index contributed by atoms with van der Waals surface area (Å²) in [6.45, 7) is 2.29. The molecule has 6 heteroatoms. The molecule has 1 fully saturated rings. The summed E-state index contributed by atoms with van der Waals surface area (Å²) in [5.74, 6) is -0.516. The number of anilines is 1. The van der Waals surface area contributed by atoms with Gasteiger partial charge in [-0.1, -0.05) is 18.2 Å². The highest BCUT2D eigenvalue weighted by molar-refractivity contribution is 7.91. The summed E-state index contributed by atoms with van der Waals surface area (Å²) < 4.78 is 23.8. The molecule has 1 unspecified atom stereocenters. The first-order valence-electron chi connectivity index (χ1n) is 7.13. The van der Waals surface area contributed by atoms with Crippen LogP contribution in [0.3, 0.4) is 0 Å². The molecule has 2 rings (SSSR count). The van der Waals surface area contributed by atoms with Crippen LogP contribution in [0.1, 0.15) is 24.8 Å². The summed E-state index contributed by atoms with van der Waals surface area (Å²) in [7, 11) is -3.03. The van der Waals surface area contributed by atoms with Crippen molar-refractivity contribution in [1.29, 1.82) is 0 Å². The Morgan fingerprint density at radius 2 is 2.10 bits per heavy atom. The third-order valence-electron chi connectivity index (χ3n) is 3.87. The molecule has 1 aliphatic heterocycles. The maximum Gasteiger partial charge on any atom is 0.305 e. The second-order valence-corrected chi connectivity index (χ2v) is 7.76. The summed E-state index contributed by atoms with van der Waals surface area (Å²) in [6, 6.07) is 7.57. The third-order valence-corrected chi connectivity index (χ3v) is 5.67. The van der Waals surface area contributed by atoms with E-state index in [2.05, 4.69) is 0 Å². The minimum atomic E-state index is -3.03. The Morgan fingerprint density at radius 3 is 2.71 bits per heavy atom. The number of benzene rings is 1. The average molecular weight is 311 g/mol. The second kappa shape index (κ2) is 6.47. The predicted molar refractivity (Wildman–Crippen MR) is 82.5 cm³/mol. The largest absolute Gasteiger partial charge is 0.481 e. The lowest BCUT2D eigenvalue weighted by Gasteiger charge is -2.36. The van der Waals surface area contributed by atoms with E-state index in [0.29, 0.717) is 13.0 Å². The van der Waals surface area contributed by atoms with Crippen molar-refractivity contribution in [2.45, 2.75) is 32.2 Å². The first-order valence-corrected chi connectivity index (χ1v) is 8.96. The van der Waals surface area contributed by atoms with Gasteiger partial charge in [-0.05, 0) is 31.4 Å². The fraction of sp³-hybridized carbons (Fsp3) is 0.533. The lowest BCUT2D eigenvalue weighted by molar-refractivity contribution is -0.136. The van der Waals surface area contributed by atoms with Gasteiger partial charge in [0.25, 0.3) is 0 Å². The fourth-order valence-electron chi connectivity index (χ4n) is 2.85. The van der Waals surface area contributed by atoms with Gasteiger partial charge in [-0.3, -0.25) is 4.79 Å². The van der Waals surface area contributed by atoms with Crippen LogP contribution in [0.2, 0.25) is 0 Å². The molecule has 1 heterocycles. The van der Waals surface area contributed by atoms with Crippen molar-refractivity contribution in [3.05, 3.63) is 29.8 Å². The number of hydrogen-bond acceptors (Lipinski definition) is 4. The molecular weight excluding hydrogens is 290 g/mol. The zero-order valence-electron chi connectivity index (χ0n) is 12.2. The first kappa shape index (κ1) is 15.8. The molecule has 116 valence electrons. The highest BCUT2D eigenvalue weighted by Gasteiger charge is 2.30. The summed E-state index contributed by atoms with van der Waals surface area (Å²) in [6.07, 6.45) is 1.43. The molecule has 1 N–H and O–H groups in total. The van der Waals surface area contributed by atoms with E-state index in [1.807, 2.05) is 36.1 Å². The molecule has 0 radical (unpaired) electrons. The van der Waals surface area contributed by atoms with Crippen LogP contribution in [0.4, 0.5) is 5.69 Å². The number of carboxylic acids is 1. The van der Waals surface area contributed by atoms with Gasteiger partial charge in [0, 0.05) is 18.3 Å². The number of nitrogens with zero attached hydrogens (tertiary/aromatic N) is 1. The predicted octanol–water partition coefficient (Wildman–Crippen LogP) is 1.85. The van der Waals surface area contributed by atoms with Crippen molar-refractivity contribution in [2.75, 3.05) is 23.0 Å². The van der Waals surface area contributed by atoms with Crippen LogP contribution in [0.25, 0.3) is 0 Å². The maximum atomic E-state index is 11.9. The lowest BCUT2D eigenvalue weighted by atomic mass is 10.1. The molecule has 0 saturated carbocycles. The minimum Gasteiger partial charge on any atom is -0.481 e. The molecule has 1 aromatic carbocycles. The number of para-hydroxylation sites is 1. The molecule has 0 aliphatic carbocycles. The molecule has 1 aliphatic rings. The fourth-order valence-corrected chi connectivity index (χ4v) is 4.55.